The molecule has 0 bridgehead atoms. The van der Waals surface area contributed by atoms with Gasteiger partial charge in [-0.15, -0.1) is 0 Å². The second-order valence-electron chi connectivity index (χ2n) is 5.03. The largest absolute Gasteiger partial charge is 0.491 e. The first kappa shape index (κ1) is 14.9. The molecule has 3 nitrogen and oxygen atoms in total. The van der Waals surface area contributed by atoms with Gasteiger partial charge in [0.15, 0.2) is 0 Å². The molecule has 20 heavy (non-hydrogen) atoms. The molecule has 1 aromatic carbocycles. The number of benzene rings is 1. The molecule has 0 spiro atoms. The Kier molecular flexibility index (Phi) is 6.43. The third-order valence-corrected chi connectivity index (χ3v) is 3.56. The Bertz CT molecular complexity index is 438. The summed E-state index contributed by atoms with van der Waals surface area (Å²) in [5.41, 5.74) is 0.878. The van der Waals surface area contributed by atoms with Crippen LogP contribution in [0.25, 0.3) is 0 Å². The molecule has 1 aliphatic rings. The lowest BCUT2D eigenvalue weighted by molar-refractivity contribution is 0.0812. The number of aliphatic hydroxyl groups excluding tert-OH is 1. The smallest absolute Gasteiger partial charge is 0.119 e. The standard InChI is InChI=1S/C17H22O3/c18-11-2-5-16-6-8-17(9-7-16)20-14-13-19-12-10-15-3-1-4-15/h6-9,15,18H,1,3-4,10-14H2. The van der Waals surface area contributed by atoms with Crippen molar-refractivity contribution < 1.29 is 14.6 Å². The zero-order chi connectivity index (χ0) is 14.0. The van der Waals surface area contributed by atoms with Gasteiger partial charge in [0, 0.05) is 12.2 Å². The SMILES string of the molecule is OCC#Cc1ccc(OCCOCCC2CCC2)cc1. The van der Waals surface area contributed by atoms with Gasteiger partial charge in [0.1, 0.15) is 19.0 Å². The number of hydrogen-bond donors (Lipinski definition) is 1. The molecular formula is C17H22O3. The molecule has 0 heterocycles. The Hall–Kier alpha value is -1.50. The summed E-state index contributed by atoms with van der Waals surface area (Å²) in [5, 5.41) is 8.61. The Balaban J connectivity index is 1.56. The molecule has 1 aliphatic carbocycles. The predicted molar refractivity (Wildman–Crippen MR) is 78.7 cm³/mol. The summed E-state index contributed by atoms with van der Waals surface area (Å²) in [6, 6.07) is 7.54. The lowest BCUT2D eigenvalue weighted by Crippen LogP contribution is -2.15. The van der Waals surface area contributed by atoms with Crippen molar-refractivity contribution in [2.75, 3.05) is 26.4 Å². The van der Waals surface area contributed by atoms with E-state index in [1.807, 2.05) is 24.3 Å². The zero-order valence-electron chi connectivity index (χ0n) is 11.8. The average molecular weight is 274 g/mol. The monoisotopic (exact) mass is 274 g/mol. The van der Waals surface area contributed by atoms with Crippen molar-refractivity contribution in [1.29, 1.82) is 0 Å². The Morgan fingerprint density at radius 3 is 2.55 bits per heavy atom. The average Bonchev–Trinajstić information content (AvgIpc) is 2.43. The summed E-state index contributed by atoms with van der Waals surface area (Å²) in [7, 11) is 0. The molecule has 0 amide bonds. The van der Waals surface area contributed by atoms with Crippen molar-refractivity contribution in [3.8, 4) is 17.6 Å². The summed E-state index contributed by atoms with van der Waals surface area (Å²) in [6.07, 6.45) is 5.35. The summed E-state index contributed by atoms with van der Waals surface area (Å²) >= 11 is 0. The van der Waals surface area contributed by atoms with Gasteiger partial charge in [-0.3, -0.25) is 0 Å². The van der Waals surface area contributed by atoms with Gasteiger partial charge in [-0.2, -0.15) is 0 Å². The first-order valence-electron chi connectivity index (χ1n) is 7.29. The summed E-state index contributed by atoms with van der Waals surface area (Å²) in [4.78, 5) is 0. The molecule has 0 aromatic heterocycles. The van der Waals surface area contributed by atoms with E-state index >= 15 is 0 Å². The van der Waals surface area contributed by atoms with Crippen molar-refractivity contribution in [3.05, 3.63) is 29.8 Å². The van der Waals surface area contributed by atoms with Gasteiger partial charge in [-0.25, -0.2) is 0 Å². The Morgan fingerprint density at radius 2 is 1.90 bits per heavy atom. The van der Waals surface area contributed by atoms with Crippen LogP contribution in [0.15, 0.2) is 24.3 Å². The zero-order valence-corrected chi connectivity index (χ0v) is 11.8. The van der Waals surface area contributed by atoms with Crippen molar-refractivity contribution in [1.82, 2.24) is 0 Å². The van der Waals surface area contributed by atoms with Crippen LogP contribution in [0.5, 0.6) is 5.75 Å². The summed E-state index contributed by atoms with van der Waals surface area (Å²) < 4.78 is 11.2. The molecule has 1 saturated carbocycles. The van der Waals surface area contributed by atoms with Gasteiger partial charge in [0.2, 0.25) is 0 Å². The summed E-state index contributed by atoms with van der Waals surface area (Å²) in [6.45, 7) is 1.95. The highest BCUT2D eigenvalue weighted by Crippen LogP contribution is 2.29. The fraction of sp³-hybridized carbons (Fsp3) is 0.529. The maximum Gasteiger partial charge on any atom is 0.119 e. The van der Waals surface area contributed by atoms with E-state index in [1.165, 1.54) is 25.7 Å². The number of aliphatic hydroxyl groups is 1. The summed E-state index contributed by atoms with van der Waals surface area (Å²) in [5.74, 6) is 7.19. The van der Waals surface area contributed by atoms with E-state index in [0.29, 0.717) is 13.2 Å². The third kappa shape index (κ3) is 5.24. The molecule has 0 atom stereocenters. The highest BCUT2D eigenvalue weighted by atomic mass is 16.5. The van der Waals surface area contributed by atoms with Crippen LogP contribution in [-0.2, 0) is 4.74 Å². The van der Waals surface area contributed by atoms with Crippen LogP contribution in [0.3, 0.4) is 0 Å². The van der Waals surface area contributed by atoms with Crippen molar-refractivity contribution >= 4 is 0 Å². The van der Waals surface area contributed by atoms with E-state index in [9.17, 15) is 0 Å². The van der Waals surface area contributed by atoms with Crippen LogP contribution in [0.1, 0.15) is 31.2 Å². The van der Waals surface area contributed by atoms with Crippen LogP contribution in [0.2, 0.25) is 0 Å². The quantitative estimate of drug-likeness (QED) is 0.613. The maximum absolute atomic E-state index is 8.61. The fourth-order valence-corrected chi connectivity index (χ4v) is 2.13. The molecule has 108 valence electrons. The van der Waals surface area contributed by atoms with E-state index in [4.69, 9.17) is 14.6 Å². The van der Waals surface area contributed by atoms with Gasteiger partial charge in [-0.05, 0) is 36.6 Å². The highest BCUT2D eigenvalue weighted by Gasteiger charge is 2.16. The van der Waals surface area contributed by atoms with Crippen molar-refractivity contribution in [2.45, 2.75) is 25.7 Å². The Labute approximate surface area is 120 Å². The number of ether oxygens (including phenoxy) is 2. The number of rotatable bonds is 7. The molecule has 3 heteroatoms. The first-order valence-corrected chi connectivity index (χ1v) is 7.29. The molecule has 2 rings (SSSR count). The van der Waals surface area contributed by atoms with Crippen LogP contribution < -0.4 is 4.74 Å². The van der Waals surface area contributed by atoms with Crippen molar-refractivity contribution in [2.24, 2.45) is 5.92 Å². The number of hydrogen-bond acceptors (Lipinski definition) is 3. The van der Waals surface area contributed by atoms with Gasteiger partial charge in [-0.1, -0.05) is 31.1 Å². The Morgan fingerprint density at radius 1 is 1.10 bits per heavy atom. The van der Waals surface area contributed by atoms with Gasteiger partial charge in [0.05, 0.1) is 6.61 Å². The molecule has 1 aromatic rings. The van der Waals surface area contributed by atoms with E-state index in [2.05, 4.69) is 11.8 Å². The predicted octanol–water partition coefficient (Wildman–Crippen LogP) is 2.62. The van der Waals surface area contributed by atoms with Crippen LogP contribution >= 0.6 is 0 Å². The molecular weight excluding hydrogens is 252 g/mol. The molecule has 1 fully saturated rings. The second-order valence-corrected chi connectivity index (χ2v) is 5.03. The highest BCUT2D eigenvalue weighted by molar-refractivity contribution is 5.38. The van der Waals surface area contributed by atoms with E-state index in [1.54, 1.807) is 0 Å². The molecule has 0 unspecified atom stereocenters. The van der Waals surface area contributed by atoms with Crippen molar-refractivity contribution in [3.63, 3.8) is 0 Å². The molecule has 1 N–H and O–H groups in total. The van der Waals surface area contributed by atoms with Gasteiger partial charge >= 0.3 is 0 Å². The lowest BCUT2D eigenvalue weighted by atomic mass is 9.83. The first-order chi connectivity index (χ1) is 9.88. The lowest BCUT2D eigenvalue weighted by Gasteiger charge is -2.24. The van der Waals surface area contributed by atoms with Crippen LogP contribution in [0, 0.1) is 17.8 Å². The van der Waals surface area contributed by atoms with E-state index in [-0.39, 0.29) is 6.61 Å². The minimum Gasteiger partial charge on any atom is -0.491 e. The van der Waals surface area contributed by atoms with Gasteiger partial charge < -0.3 is 14.6 Å². The normalized spacial score (nSPS) is 14.2. The van der Waals surface area contributed by atoms with E-state index in [0.717, 1.165) is 23.8 Å². The third-order valence-electron chi connectivity index (χ3n) is 3.56. The van der Waals surface area contributed by atoms with Crippen LogP contribution in [0.4, 0.5) is 0 Å². The minimum atomic E-state index is -0.115. The van der Waals surface area contributed by atoms with E-state index < -0.39 is 0 Å². The molecule has 0 radical (unpaired) electrons. The maximum atomic E-state index is 8.61. The molecule has 0 aliphatic heterocycles. The molecule has 0 saturated heterocycles. The second kappa shape index (κ2) is 8.63. The van der Waals surface area contributed by atoms with Gasteiger partial charge in [0.25, 0.3) is 0 Å². The fourth-order valence-electron chi connectivity index (χ4n) is 2.13. The topological polar surface area (TPSA) is 38.7 Å². The minimum absolute atomic E-state index is 0.115. The van der Waals surface area contributed by atoms with Crippen LogP contribution in [-0.4, -0.2) is 31.5 Å².